The van der Waals surface area contributed by atoms with Crippen molar-refractivity contribution in [2.45, 2.75) is 69.5 Å². The molecule has 4 atom stereocenters. The Morgan fingerprint density at radius 2 is 2.00 bits per heavy atom. The van der Waals surface area contributed by atoms with Gasteiger partial charge in [0.05, 0.1) is 4.88 Å². The first kappa shape index (κ1) is 25.7. The first-order chi connectivity index (χ1) is 16.5. The summed E-state index contributed by atoms with van der Waals surface area (Å²) in [6.07, 6.45) is 10.2. The number of fused-ring (bicyclic) bond motifs is 2. The highest BCUT2D eigenvalue weighted by molar-refractivity contribution is 7.92. The fourth-order valence-corrected chi connectivity index (χ4v) is 8.43. The standard InChI is InChI=1S/C26H34N2O5S2/c1-17-9-8-14-28(17)35(32,33)23-13-12-21(34-23)25(31)27-24-18(10-6-4-5-7-11-22(29)30)15-19-16-20(24)26(19,2)3/h4,6,8-9,12-14,18-20,24H,5,7,10-11,15-16H2,1-3H3,(H,27,31)(H,29,30)/b6-4+. The van der Waals surface area contributed by atoms with Gasteiger partial charge in [0, 0.05) is 24.4 Å². The molecule has 1 amide bonds. The maximum atomic E-state index is 13.2. The number of carboxylic acids is 1. The van der Waals surface area contributed by atoms with Crippen molar-refractivity contribution in [2.24, 2.45) is 23.2 Å². The van der Waals surface area contributed by atoms with E-state index in [9.17, 15) is 18.0 Å². The minimum atomic E-state index is -3.72. The molecule has 2 heterocycles. The molecule has 2 N–H and O–H groups in total. The Balaban J connectivity index is 1.45. The van der Waals surface area contributed by atoms with Crippen LogP contribution >= 0.6 is 11.3 Å². The number of thiophene rings is 1. The van der Waals surface area contributed by atoms with Gasteiger partial charge in [0.2, 0.25) is 0 Å². The van der Waals surface area contributed by atoms with Crippen LogP contribution in [0.5, 0.6) is 0 Å². The van der Waals surface area contributed by atoms with Crippen LogP contribution in [-0.2, 0) is 14.8 Å². The van der Waals surface area contributed by atoms with E-state index in [-0.39, 0.29) is 28.0 Å². The Morgan fingerprint density at radius 3 is 2.66 bits per heavy atom. The highest BCUT2D eigenvalue weighted by atomic mass is 32.2. The van der Waals surface area contributed by atoms with E-state index in [2.05, 4.69) is 25.2 Å². The first-order valence-electron chi connectivity index (χ1n) is 12.2. The van der Waals surface area contributed by atoms with E-state index in [1.807, 2.05) is 6.08 Å². The number of carbonyl (C=O) groups is 2. The summed E-state index contributed by atoms with van der Waals surface area (Å²) >= 11 is 1.01. The van der Waals surface area contributed by atoms with Crippen molar-refractivity contribution >= 4 is 33.2 Å². The van der Waals surface area contributed by atoms with E-state index < -0.39 is 16.0 Å². The lowest BCUT2D eigenvalue weighted by molar-refractivity contribution is -0.137. The number of rotatable bonds is 10. The Bertz CT molecular complexity index is 1220. The number of amides is 1. The zero-order valence-electron chi connectivity index (χ0n) is 20.4. The third-order valence-corrected chi connectivity index (χ3v) is 11.3. The summed E-state index contributed by atoms with van der Waals surface area (Å²) in [5.74, 6) is 0.360. The quantitative estimate of drug-likeness (QED) is 0.337. The fraction of sp³-hybridized carbons (Fsp3) is 0.538. The number of aromatic nitrogens is 1. The SMILES string of the molecule is Cc1cccn1S(=O)(=O)c1ccc(C(=O)NC2C(C/C=C/CCCC(=O)O)CC3CC2C3(C)C)s1. The summed E-state index contributed by atoms with van der Waals surface area (Å²) in [6, 6.07) is 6.55. The third-order valence-electron chi connectivity index (χ3n) is 7.96. The lowest BCUT2D eigenvalue weighted by atomic mass is 9.44. The van der Waals surface area contributed by atoms with Crippen LogP contribution in [0.4, 0.5) is 0 Å². The monoisotopic (exact) mass is 518 g/mol. The molecule has 0 aromatic carbocycles. The van der Waals surface area contributed by atoms with Crippen molar-refractivity contribution in [3.63, 3.8) is 0 Å². The summed E-state index contributed by atoms with van der Waals surface area (Å²) < 4.78 is 27.3. The Kier molecular flexibility index (Phi) is 7.29. The normalized spacial score (nSPS) is 25.3. The van der Waals surface area contributed by atoms with Crippen molar-refractivity contribution in [1.29, 1.82) is 0 Å². The molecule has 190 valence electrons. The van der Waals surface area contributed by atoms with Gasteiger partial charge in [-0.05, 0) is 86.5 Å². The molecule has 3 fully saturated rings. The summed E-state index contributed by atoms with van der Waals surface area (Å²) in [7, 11) is -3.72. The molecule has 0 radical (unpaired) electrons. The Hall–Kier alpha value is -2.39. The molecule has 4 unspecified atom stereocenters. The molecule has 3 aliphatic carbocycles. The third kappa shape index (κ3) is 5.11. The molecule has 2 aromatic rings. The number of carboxylic acid groups (broad SMARTS) is 1. The smallest absolute Gasteiger partial charge is 0.303 e. The second-order valence-electron chi connectivity index (χ2n) is 10.4. The van der Waals surface area contributed by atoms with E-state index in [4.69, 9.17) is 5.11 Å². The van der Waals surface area contributed by atoms with Crippen LogP contribution in [0.2, 0.25) is 0 Å². The minimum Gasteiger partial charge on any atom is -0.481 e. The molecule has 0 aliphatic heterocycles. The molecular weight excluding hydrogens is 484 g/mol. The zero-order valence-corrected chi connectivity index (χ0v) is 22.1. The van der Waals surface area contributed by atoms with Crippen LogP contribution in [0.15, 0.2) is 46.8 Å². The lowest BCUT2D eigenvalue weighted by Gasteiger charge is -2.62. The van der Waals surface area contributed by atoms with E-state index in [0.717, 1.165) is 37.0 Å². The second-order valence-corrected chi connectivity index (χ2v) is 13.5. The predicted octanol–water partition coefficient (Wildman–Crippen LogP) is 5.08. The van der Waals surface area contributed by atoms with E-state index in [0.29, 0.717) is 34.7 Å². The van der Waals surface area contributed by atoms with Gasteiger partial charge in [0.1, 0.15) is 4.21 Å². The van der Waals surface area contributed by atoms with E-state index in [1.54, 1.807) is 25.1 Å². The summed E-state index contributed by atoms with van der Waals surface area (Å²) in [4.78, 5) is 24.3. The van der Waals surface area contributed by atoms with Crippen LogP contribution in [0.3, 0.4) is 0 Å². The van der Waals surface area contributed by atoms with Gasteiger partial charge in [-0.25, -0.2) is 3.97 Å². The van der Waals surface area contributed by atoms with Crippen LogP contribution in [-0.4, -0.2) is 35.4 Å². The topological polar surface area (TPSA) is 105 Å². The van der Waals surface area contributed by atoms with Gasteiger partial charge in [-0.3, -0.25) is 9.59 Å². The largest absolute Gasteiger partial charge is 0.481 e. The molecule has 2 aromatic heterocycles. The van der Waals surface area contributed by atoms with Gasteiger partial charge in [-0.15, -0.1) is 11.3 Å². The fourth-order valence-electron chi connectivity index (χ4n) is 5.75. The molecule has 5 rings (SSSR count). The highest BCUT2D eigenvalue weighted by Crippen LogP contribution is 2.61. The van der Waals surface area contributed by atoms with Crippen molar-refractivity contribution in [2.75, 3.05) is 0 Å². The molecule has 3 saturated carbocycles. The molecule has 7 nitrogen and oxygen atoms in total. The van der Waals surface area contributed by atoms with Crippen LogP contribution in [0.25, 0.3) is 0 Å². The average Bonchev–Trinajstić information content (AvgIpc) is 3.46. The maximum Gasteiger partial charge on any atom is 0.303 e. The van der Waals surface area contributed by atoms with Gasteiger partial charge < -0.3 is 10.4 Å². The number of nitrogens with one attached hydrogen (secondary N) is 1. The molecule has 0 saturated heterocycles. The number of hydrogen-bond acceptors (Lipinski definition) is 5. The molecule has 2 bridgehead atoms. The Labute approximate surface area is 211 Å². The molecular formula is C26H34N2O5S2. The summed E-state index contributed by atoms with van der Waals surface area (Å²) in [5.41, 5.74) is 0.794. The first-order valence-corrected chi connectivity index (χ1v) is 14.4. The minimum absolute atomic E-state index is 0.0278. The number of allylic oxidation sites excluding steroid dienone is 2. The highest BCUT2D eigenvalue weighted by Gasteiger charge is 2.57. The summed E-state index contributed by atoms with van der Waals surface area (Å²) in [5, 5.41) is 12.0. The van der Waals surface area contributed by atoms with E-state index in [1.165, 1.54) is 16.2 Å². The van der Waals surface area contributed by atoms with E-state index >= 15 is 0 Å². The van der Waals surface area contributed by atoms with Crippen molar-refractivity contribution in [3.05, 3.63) is 53.2 Å². The van der Waals surface area contributed by atoms with Gasteiger partial charge in [-0.2, -0.15) is 8.42 Å². The van der Waals surface area contributed by atoms with Gasteiger partial charge in [-0.1, -0.05) is 26.0 Å². The van der Waals surface area contributed by atoms with Crippen molar-refractivity contribution in [3.8, 4) is 0 Å². The molecule has 9 heteroatoms. The number of nitrogens with zero attached hydrogens (tertiary/aromatic N) is 1. The number of aliphatic carboxylic acids is 1. The number of unbranched alkanes of at least 4 members (excludes halogenated alkanes) is 1. The second kappa shape index (κ2) is 9.93. The molecule has 3 aliphatic rings. The number of hydrogen-bond donors (Lipinski definition) is 2. The van der Waals surface area contributed by atoms with Crippen molar-refractivity contribution in [1.82, 2.24) is 9.29 Å². The lowest BCUT2D eigenvalue weighted by Crippen LogP contribution is -2.63. The van der Waals surface area contributed by atoms with Crippen molar-refractivity contribution < 1.29 is 23.1 Å². The zero-order chi connectivity index (χ0) is 25.4. The number of aryl methyl sites for hydroxylation is 1. The Morgan fingerprint density at radius 1 is 1.23 bits per heavy atom. The molecule has 35 heavy (non-hydrogen) atoms. The van der Waals surface area contributed by atoms with Crippen LogP contribution in [0.1, 0.15) is 67.7 Å². The van der Waals surface area contributed by atoms with Crippen LogP contribution in [0, 0.1) is 30.1 Å². The number of carbonyl (C=O) groups excluding carboxylic acids is 1. The van der Waals surface area contributed by atoms with Crippen LogP contribution < -0.4 is 5.32 Å². The predicted molar refractivity (Wildman–Crippen MR) is 136 cm³/mol. The summed E-state index contributed by atoms with van der Waals surface area (Å²) in [6.45, 7) is 6.28. The van der Waals surface area contributed by atoms with Gasteiger partial charge in [0.15, 0.2) is 0 Å². The maximum absolute atomic E-state index is 13.2. The van der Waals surface area contributed by atoms with Gasteiger partial charge >= 0.3 is 5.97 Å². The average molecular weight is 519 g/mol. The van der Waals surface area contributed by atoms with Gasteiger partial charge in [0.25, 0.3) is 15.9 Å². The molecule has 0 spiro atoms.